The van der Waals surface area contributed by atoms with Gasteiger partial charge in [0.15, 0.2) is 5.11 Å². The van der Waals surface area contributed by atoms with E-state index in [-0.39, 0.29) is 6.04 Å². The summed E-state index contributed by atoms with van der Waals surface area (Å²) >= 11 is 5.43. The minimum atomic E-state index is 0.243. The van der Waals surface area contributed by atoms with Crippen LogP contribution < -0.4 is 25.3 Å². The van der Waals surface area contributed by atoms with Gasteiger partial charge < -0.3 is 30.1 Å². The molecule has 2 aliphatic rings. The van der Waals surface area contributed by atoms with Crippen molar-refractivity contribution in [2.45, 2.75) is 19.9 Å². The monoisotopic (exact) mass is 441 g/mol. The Balaban J connectivity index is 1.51. The number of ether oxygens (including phenoxy) is 1. The van der Waals surface area contributed by atoms with Gasteiger partial charge >= 0.3 is 0 Å². The van der Waals surface area contributed by atoms with Gasteiger partial charge in [-0.25, -0.2) is 0 Å². The van der Waals surface area contributed by atoms with Crippen molar-refractivity contribution < 1.29 is 4.74 Å². The number of rotatable bonds is 5. The van der Waals surface area contributed by atoms with E-state index in [1.807, 2.05) is 0 Å². The molecule has 31 heavy (non-hydrogen) atoms. The highest BCUT2D eigenvalue weighted by atomic mass is 32.1. The molecule has 0 aliphatic carbocycles. The van der Waals surface area contributed by atoms with E-state index in [1.165, 1.54) is 5.69 Å². The number of nitrogens with zero attached hydrogens (tertiary/aromatic N) is 5. The van der Waals surface area contributed by atoms with Gasteiger partial charge in [0.2, 0.25) is 5.95 Å². The molecule has 0 unspecified atom stereocenters. The number of benzene rings is 1. The summed E-state index contributed by atoms with van der Waals surface area (Å²) in [5, 5.41) is 6.91. The lowest BCUT2D eigenvalue weighted by Crippen LogP contribution is -2.47. The van der Waals surface area contributed by atoms with Gasteiger partial charge in [-0.05, 0) is 38.2 Å². The predicted octanol–water partition coefficient (Wildman–Crippen LogP) is 2.33. The molecule has 2 aromatic rings. The van der Waals surface area contributed by atoms with Crippen molar-refractivity contribution in [2.75, 3.05) is 72.5 Å². The lowest BCUT2D eigenvalue weighted by Gasteiger charge is -2.37. The van der Waals surface area contributed by atoms with Gasteiger partial charge in [-0.15, -0.1) is 0 Å². The van der Waals surface area contributed by atoms with E-state index in [0.717, 1.165) is 50.9 Å². The average Bonchev–Trinajstić information content (AvgIpc) is 2.79. The van der Waals surface area contributed by atoms with Crippen molar-refractivity contribution in [3.8, 4) is 0 Å². The fourth-order valence-corrected chi connectivity index (χ4v) is 4.15. The van der Waals surface area contributed by atoms with Crippen LogP contribution in [0.5, 0.6) is 0 Å². The SMILES string of the molecule is CC(C)NC(=S)Nc1nc(N2CCOCC2)cc(N2CCN(c3ccccc3)CC2)n1. The molecule has 2 saturated heterocycles. The summed E-state index contributed by atoms with van der Waals surface area (Å²) in [5.41, 5.74) is 1.27. The van der Waals surface area contributed by atoms with E-state index in [1.54, 1.807) is 0 Å². The maximum atomic E-state index is 5.51. The van der Waals surface area contributed by atoms with E-state index in [2.05, 4.69) is 75.6 Å². The van der Waals surface area contributed by atoms with Gasteiger partial charge in [0, 0.05) is 57.1 Å². The Hall–Kier alpha value is -2.65. The third kappa shape index (κ3) is 5.74. The highest BCUT2D eigenvalue weighted by molar-refractivity contribution is 7.80. The predicted molar refractivity (Wildman–Crippen MR) is 130 cm³/mol. The van der Waals surface area contributed by atoms with Crippen LogP contribution in [-0.2, 0) is 4.74 Å². The van der Waals surface area contributed by atoms with Crippen LogP contribution in [-0.4, -0.2) is 73.6 Å². The van der Waals surface area contributed by atoms with Gasteiger partial charge in [0.1, 0.15) is 11.6 Å². The average molecular weight is 442 g/mol. The van der Waals surface area contributed by atoms with Crippen molar-refractivity contribution in [1.29, 1.82) is 0 Å². The molecule has 1 aromatic carbocycles. The first-order chi connectivity index (χ1) is 15.1. The van der Waals surface area contributed by atoms with Crippen LogP contribution in [0.25, 0.3) is 0 Å². The van der Waals surface area contributed by atoms with Gasteiger partial charge in [-0.3, -0.25) is 0 Å². The Labute approximate surface area is 189 Å². The largest absolute Gasteiger partial charge is 0.378 e. The third-order valence-electron chi connectivity index (χ3n) is 5.40. The standard InChI is InChI=1S/C22H31N7OS/c1-17(2)23-22(31)26-21-24-19(16-20(25-21)29-12-14-30-15-13-29)28-10-8-27(9-11-28)18-6-4-3-5-7-18/h3-7,16-17H,8-15H2,1-2H3,(H2,23,24,25,26,31). The van der Waals surface area contributed by atoms with Gasteiger partial charge in [-0.1, -0.05) is 18.2 Å². The summed E-state index contributed by atoms with van der Waals surface area (Å²) in [6.07, 6.45) is 0. The van der Waals surface area contributed by atoms with E-state index >= 15 is 0 Å². The summed E-state index contributed by atoms with van der Waals surface area (Å²) in [5.74, 6) is 2.37. The summed E-state index contributed by atoms with van der Waals surface area (Å²) in [6, 6.07) is 12.9. The minimum absolute atomic E-state index is 0.243. The van der Waals surface area contributed by atoms with Crippen LogP contribution in [0.4, 0.5) is 23.3 Å². The number of hydrogen-bond acceptors (Lipinski definition) is 7. The van der Waals surface area contributed by atoms with Gasteiger partial charge in [0.25, 0.3) is 0 Å². The molecule has 0 atom stereocenters. The topological polar surface area (TPSA) is 68.8 Å². The van der Waals surface area contributed by atoms with Crippen LogP contribution in [0.15, 0.2) is 36.4 Å². The van der Waals surface area contributed by atoms with Gasteiger partial charge in [0.05, 0.1) is 13.2 Å². The number of piperazine rings is 1. The zero-order chi connectivity index (χ0) is 21.6. The molecule has 0 saturated carbocycles. The normalized spacial score (nSPS) is 17.1. The molecule has 2 N–H and O–H groups in total. The number of nitrogens with one attached hydrogen (secondary N) is 2. The van der Waals surface area contributed by atoms with Crippen molar-refractivity contribution in [3.63, 3.8) is 0 Å². The first kappa shape index (κ1) is 21.6. The second kappa shape index (κ2) is 10.1. The summed E-state index contributed by atoms with van der Waals surface area (Å²) in [6.45, 7) is 10.9. The molecule has 8 nitrogen and oxygen atoms in total. The van der Waals surface area contributed by atoms with Crippen molar-refractivity contribution in [1.82, 2.24) is 15.3 Å². The Kier molecular flexibility index (Phi) is 7.03. The first-order valence-corrected chi connectivity index (χ1v) is 11.3. The molecule has 1 aromatic heterocycles. The quantitative estimate of drug-likeness (QED) is 0.681. The molecule has 0 bridgehead atoms. The maximum Gasteiger partial charge on any atom is 0.232 e. The number of aromatic nitrogens is 2. The first-order valence-electron chi connectivity index (χ1n) is 10.9. The fourth-order valence-electron chi connectivity index (χ4n) is 3.83. The highest BCUT2D eigenvalue weighted by Gasteiger charge is 2.22. The van der Waals surface area contributed by atoms with Crippen LogP contribution in [0, 0.1) is 0 Å². The van der Waals surface area contributed by atoms with E-state index in [9.17, 15) is 0 Å². The second-order valence-corrected chi connectivity index (χ2v) is 8.48. The summed E-state index contributed by atoms with van der Waals surface area (Å²) in [4.78, 5) is 16.5. The molecule has 9 heteroatoms. The van der Waals surface area contributed by atoms with Crippen molar-refractivity contribution in [3.05, 3.63) is 36.4 Å². The molecule has 0 spiro atoms. The van der Waals surface area contributed by atoms with E-state index in [4.69, 9.17) is 26.9 Å². The third-order valence-corrected chi connectivity index (χ3v) is 5.62. The Bertz CT molecular complexity index is 865. The number of hydrogen-bond donors (Lipinski definition) is 2. The second-order valence-electron chi connectivity index (χ2n) is 8.07. The van der Waals surface area contributed by atoms with Crippen molar-refractivity contribution >= 4 is 40.6 Å². The molecule has 166 valence electrons. The lowest BCUT2D eigenvalue weighted by molar-refractivity contribution is 0.122. The maximum absolute atomic E-state index is 5.51. The highest BCUT2D eigenvalue weighted by Crippen LogP contribution is 2.24. The van der Waals surface area contributed by atoms with Crippen LogP contribution in [0.2, 0.25) is 0 Å². The molecule has 3 heterocycles. The molecular formula is C22H31N7OS. The van der Waals surface area contributed by atoms with Gasteiger partial charge in [-0.2, -0.15) is 9.97 Å². The number of para-hydroxylation sites is 1. The fraction of sp³-hybridized carbons (Fsp3) is 0.500. The molecule has 2 fully saturated rings. The van der Waals surface area contributed by atoms with E-state index < -0.39 is 0 Å². The summed E-state index contributed by atoms with van der Waals surface area (Å²) in [7, 11) is 0. The Morgan fingerprint density at radius 2 is 1.48 bits per heavy atom. The molecular weight excluding hydrogens is 410 g/mol. The number of anilines is 4. The number of morpholine rings is 1. The molecule has 0 radical (unpaired) electrons. The molecule has 4 rings (SSSR count). The molecule has 2 aliphatic heterocycles. The molecule has 0 amide bonds. The van der Waals surface area contributed by atoms with Crippen LogP contribution >= 0.6 is 12.2 Å². The Morgan fingerprint density at radius 1 is 0.903 bits per heavy atom. The Morgan fingerprint density at radius 3 is 2.10 bits per heavy atom. The van der Waals surface area contributed by atoms with Crippen molar-refractivity contribution in [2.24, 2.45) is 0 Å². The van der Waals surface area contributed by atoms with Crippen LogP contribution in [0.1, 0.15) is 13.8 Å². The summed E-state index contributed by atoms with van der Waals surface area (Å²) < 4.78 is 5.51. The zero-order valence-electron chi connectivity index (χ0n) is 18.3. The smallest absolute Gasteiger partial charge is 0.232 e. The number of thiocarbonyl (C=S) groups is 1. The minimum Gasteiger partial charge on any atom is -0.378 e. The van der Waals surface area contributed by atoms with Crippen LogP contribution in [0.3, 0.4) is 0 Å². The zero-order valence-corrected chi connectivity index (χ0v) is 19.1. The lowest BCUT2D eigenvalue weighted by atomic mass is 10.2. The van der Waals surface area contributed by atoms with E-state index in [0.29, 0.717) is 24.3 Å².